The van der Waals surface area contributed by atoms with Crippen LogP contribution in [0.2, 0.25) is 0 Å². The van der Waals surface area contributed by atoms with Crippen molar-refractivity contribution in [3.63, 3.8) is 0 Å². The van der Waals surface area contributed by atoms with Crippen molar-refractivity contribution in [1.29, 1.82) is 0 Å². The summed E-state index contributed by atoms with van der Waals surface area (Å²) in [6, 6.07) is 5.60. The number of aliphatic hydroxyl groups excluding tert-OH is 1. The number of benzene rings is 1. The zero-order valence-corrected chi connectivity index (χ0v) is 12.5. The monoisotopic (exact) mass is 307 g/mol. The van der Waals surface area contributed by atoms with Crippen molar-refractivity contribution in [2.45, 2.75) is 37.8 Å². The molecule has 1 aliphatic rings. The van der Waals surface area contributed by atoms with Crippen LogP contribution >= 0.6 is 0 Å². The fourth-order valence-corrected chi connectivity index (χ4v) is 3.92. The number of nitrogens with zero attached hydrogens (tertiary/aromatic N) is 1. The van der Waals surface area contributed by atoms with Gasteiger partial charge in [-0.25, -0.2) is 0 Å². The maximum absolute atomic E-state index is 12.4. The van der Waals surface area contributed by atoms with Gasteiger partial charge in [-0.3, -0.25) is 9.82 Å². The molecule has 3 rings (SSSR count). The number of nitrogens with one attached hydrogen (secondary N) is 2. The summed E-state index contributed by atoms with van der Waals surface area (Å²) in [6.45, 7) is 1.30. The first-order chi connectivity index (χ1) is 10.0. The predicted octanol–water partition coefficient (Wildman–Crippen LogP) is 1.50. The summed E-state index contributed by atoms with van der Waals surface area (Å²) < 4.78 is 27.3. The van der Waals surface area contributed by atoms with E-state index in [-0.39, 0.29) is 11.6 Å². The van der Waals surface area contributed by atoms with E-state index in [4.69, 9.17) is 0 Å². The molecule has 3 N–H and O–H groups in total. The minimum Gasteiger partial charge on any atom is -0.392 e. The first-order valence-corrected chi connectivity index (χ1v) is 8.29. The fourth-order valence-electron chi connectivity index (χ4n) is 2.68. The van der Waals surface area contributed by atoms with Crippen LogP contribution in [0, 0.1) is 6.92 Å². The number of aromatic nitrogens is 2. The molecule has 1 aliphatic carbocycles. The van der Waals surface area contributed by atoms with Gasteiger partial charge < -0.3 is 5.11 Å². The number of sulfonamides is 1. The molecule has 21 heavy (non-hydrogen) atoms. The van der Waals surface area contributed by atoms with Crippen LogP contribution in [0.3, 0.4) is 0 Å². The van der Waals surface area contributed by atoms with Gasteiger partial charge in [0.15, 0.2) is 0 Å². The molecule has 0 amide bonds. The summed E-state index contributed by atoms with van der Waals surface area (Å²) >= 11 is 0. The average Bonchev–Trinajstić information content (AvgIpc) is 3.03. The van der Waals surface area contributed by atoms with Gasteiger partial charge in [0.2, 0.25) is 5.03 Å². The van der Waals surface area contributed by atoms with Gasteiger partial charge in [-0.1, -0.05) is 6.07 Å². The lowest BCUT2D eigenvalue weighted by atomic mass is 10.1. The molecule has 0 bridgehead atoms. The second-order valence-electron chi connectivity index (χ2n) is 5.23. The third kappa shape index (κ3) is 2.54. The summed E-state index contributed by atoms with van der Waals surface area (Å²) in [5, 5.41) is 15.5. The lowest BCUT2D eigenvalue weighted by Gasteiger charge is -2.09. The van der Waals surface area contributed by atoms with E-state index >= 15 is 0 Å². The lowest BCUT2D eigenvalue weighted by Crippen LogP contribution is -2.15. The van der Waals surface area contributed by atoms with Gasteiger partial charge in [0.25, 0.3) is 10.0 Å². The molecule has 2 aromatic rings. The van der Waals surface area contributed by atoms with Crippen molar-refractivity contribution in [1.82, 2.24) is 10.2 Å². The van der Waals surface area contributed by atoms with Crippen molar-refractivity contribution in [2.24, 2.45) is 0 Å². The zero-order valence-electron chi connectivity index (χ0n) is 11.7. The Morgan fingerprint density at radius 1 is 1.33 bits per heavy atom. The number of anilines is 1. The molecule has 1 aromatic heterocycles. The number of rotatable bonds is 4. The third-order valence-corrected chi connectivity index (χ3v) is 5.15. The van der Waals surface area contributed by atoms with Gasteiger partial charge in [0.05, 0.1) is 6.61 Å². The molecule has 0 atom stereocenters. The Hall–Kier alpha value is -1.86. The smallest absolute Gasteiger partial charge is 0.281 e. The molecule has 6 nitrogen and oxygen atoms in total. The summed E-state index contributed by atoms with van der Waals surface area (Å²) in [5.74, 6) is 0. The molecular formula is C14H17N3O3S. The molecule has 1 aromatic carbocycles. The van der Waals surface area contributed by atoms with Crippen molar-refractivity contribution in [3.05, 3.63) is 40.6 Å². The van der Waals surface area contributed by atoms with E-state index in [1.165, 1.54) is 11.1 Å². The van der Waals surface area contributed by atoms with Gasteiger partial charge in [0.1, 0.15) is 0 Å². The number of aromatic amines is 1. The largest absolute Gasteiger partial charge is 0.392 e. The predicted molar refractivity (Wildman–Crippen MR) is 78.5 cm³/mol. The molecule has 112 valence electrons. The molecule has 0 spiro atoms. The topological polar surface area (TPSA) is 95.1 Å². The number of fused-ring (bicyclic) bond motifs is 1. The van der Waals surface area contributed by atoms with Gasteiger partial charge in [-0.05, 0) is 49.4 Å². The zero-order chi connectivity index (χ0) is 15.0. The Morgan fingerprint density at radius 2 is 2.10 bits per heavy atom. The Kier molecular flexibility index (Phi) is 3.46. The van der Waals surface area contributed by atoms with Gasteiger partial charge in [0, 0.05) is 16.9 Å². The fraction of sp³-hybridized carbons (Fsp3) is 0.357. The second kappa shape index (κ2) is 5.16. The Labute approximate surface area is 123 Å². The Bertz CT molecular complexity index is 781. The SMILES string of the molecule is Cc1[nH]nc(S(=O)(=O)Nc2ccc3c(c2)CCC3)c1CO. The highest BCUT2D eigenvalue weighted by atomic mass is 32.2. The van der Waals surface area contributed by atoms with Crippen LogP contribution in [-0.2, 0) is 29.5 Å². The van der Waals surface area contributed by atoms with Crippen molar-refractivity contribution in [3.8, 4) is 0 Å². The van der Waals surface area contributed by atoms with Gasteiger partial charge in [-0.15, -0.1) is 0 Å². The van der Waals surface area contributed by atoms with Crippen LogP contribution in [-0.4, -0.2) is 23.7 Å². The van der Waals surface area contributed by atoms with E-state index in [0.717, 1.165) is 19.3 Å². The van der Waals surface area contributed by atoms with Crippen molar-refractivity contribution >= 4 is 15.7 Å². The van der Waals surface area contributed by atoms with Crippen LogP contribution < -0.4 is 4.72 Å². The third-order valence-electron chi connectivity index (χ3n) is 3.80. The van der Waals surface area contributed by atoms with Crippen LogP contribution in [0.4, 0.5) is 5.69 Å². The number of aryl methyl sites for hydroxylation is 3. The van der Waals surface area contributed by atoms with Crippen LogP contribution in [0.1, 0.15) is 28.8 Å². The van der Waals surface area contributed by atoms with E-state index in [2.05, 4.69) is 14.9 Å². The summed E-state index contributed by atoms with van der Waals surface area (Å²) in [6.07, 6.45) is 3.14. The Balaban J connectivity index is 1.93. The maximum atomic E-state index is 12.4. The summed E-state index contributed by atoms with van der Waals surface area (Å²) in [4.78, 5) is 0. The minimum atomic E-state index is -3.81. The number of hydrogen-bond donors (Lipinski definition) is 3. The number of hydrogen-bond acceptors (Lipinski definition) is 4. The quantitative estimate of drug-likeness (QED) is 0.797. The van der Waals surface area contributed by atoms with E-state index in [1.807, 2.05) is 12.1 Å². The molecule has 7 heteroatoms. The molecular weight excluding hydrogens is 290 g/mol. The van der Waals surface area contributed by atoms with Gasteiger partial charge in [-0.2, -0.15) is 13.5 Å². The number of H-pyrrole nitrogens is 1. The standard InChI is InChI=1S/C14H17N3O3S/c1-9-13(8-18)14(16-15-9)21(19,20)17-12-6-5-10-3-2-4-11(10)7-12/h5-7,17-18H,2-4,8H2,1H3,(H,15,16). The normalized spacial score (nSPS) is 14.2. The Morgan fingerprint density at radius 3 is 2.86 bits per heavy atom. The lowest BCUT2D eigenvalue weighted by molar-refractivity contribution is 0.277. The minimum absolute atomic E-state index is 0.150. The van der Waals surface area contributed by atoms with Crippen molar-refractivity contribution in [2.75, 3.05) is 4.72 Å². The highest BCUT2D eigenvalue weighted by Gasteiger charge is 2.24. The summed E-state index contributed by atoms with van der Waals surface area (Å²) in [5.41, 5.74) is 3.84. The molecule has 1 heterocycles. The first-order valence-electron chi connectivity index (χ1n) is 6.80. The van der Waals surface area contributed by atoms with Crippen LogP contribution in [0.25, 0.3) is 0 Å². The van der Waals surface area contributed by atoms with E-state index < -0.39 is 10.0 Å². The molecule has 0 radical (unpaired) electrons. The van der Waals surface area contributed by atoms with Crippen molar-refractivity contribution < 1.29 is 13.5 Å². The van der Waals surface area contributed by atoms with Gasteiger partial charge >= 0.3 is 0 Å². The molecule has 0 fully saturated rings. The first kappa shape index (κ1) is 14.1. The average molecular weight is 307 g/mol. The van der Waals surface area contributed by atoms with E-state index in [9.17, 15) is 13.5 Å². The number of aliphatic hydroxyl groups is 1. The summed E-state index contributed by atoms with van der Waals surface area (Å²) in [7, 11) is -3.81. The molecule has 0 unspecified atom stereocenters. The van der Waals surface area contributed by atoms with E-state index in [0.29, 0.717) is 16.9 Å². The van der Waals surface area contributed by atoms with Crippen LogP contribution in [0.5, 0.6) is 0 Å². The maximum Gasteiger partial charge on any atom is 0.281 e. The van der Waals surface area contributed by atoms with E-state index in [1.54, 1.807) is 13.0 Å². The second-order valence-corrected chi connectivity index (χ2v) is 6.83. The molecule has 0 aliphatic heterocycles. The molecule has 0 saturated heterocycles. The van der Waals surface area contributed by atoms with Crippen LogP contribution in [0.15, 0.2) is 23.2 Å². The highest BCUT2D eigenvalue weighted by Crippen LogP contribution is 2.26. The molecule has 0 saturated carbocycles. The highest BCUT2D eigenvalue weighted by molar-refractivity contribution is 7.92.